The number of fused-ring (bicyclic) bond motifs is 2. The van der Waals surface area contributed by atoms with Gasteiger partial charge in [0.2, 0.25) is 0 Å². The van der Waals surface area contributed by atoms with Crippen LogP contribution in [0.2, 0.25) is 5.15 Å². The van der Waals surface area contributed by atoms with Gasteiger partial charge in [-0.05, 0) is 12.8 Å². The largest absolute Gasteiger partial charge is 0.282 e. The fourth-order valence-electron chi connectivity index (χ4n) is 3.12. The number of halogens is 3. The first-order valence-electron chi connectivity index (χ1n) is 5.82. The minimum absolute atomic E-state index is 0.0492. The number of hydrogen-bond donors (Lipinski definition) is 0. The topological polar surface area (TPSA) is 43.1 Å². The smallest absolute Gasteiger partial charge is 0.254 e. The predicted molar refractivity (Wildman–Crippen MR) is 59.7 cm³/mol. The van der Waals surface area contributed by atoms with Crippen molar-refractivity contribution in [1.29, 1.82) is 0 Å². The minimum Gasteiger partial charge on any atom is -0.282 e. The van der Waals surface area contributed by atoms with Gasteiger partial charge in [-0.2, -0.15) is 0 Å². The molecule has 0 unspecified atom stereocenters. The Morgan fingerprint density at radius 3 is 2.72 bits per heavy atom. The van der Waals surface area contributed by atoms with E-state index < -0.39 is 17.8 Å². The molecule has 3 atom stereocenters. The van der Waals surface area contributed by atoms with Gasteiger partial charge < -0.3 is 0 Å². The Hall–Kier alpha value is -1.30. The summed E-state index contributed by atoms with van der Waals surface area (Å²) in [5, 5.41) is 8.34. The molecule has 0 amide bonds. The standard InChI is InChI=1S/C11H9ClF2N4/c12-8-10-17-16-9(18(10)2-1-15-8)5-3-6-7(4-5)11(6,13)14/h1-2,5-7H,3-4H2/t5-,6-,7+. The maximum Gasteiger partial charge on any atom is 0.254 e. The zero-order valence-corrected chi connectivity index (χ0v) is 9.98. The molecule has 2 aromatic rings. The number of hydrogen-bond acceptors (Lipinski definition) is 3. The fraction of sp³-hybridized carbons (Fsp3) is 0.545. The van der Waals surface area contributed by atoms with Crippen molar-refractivity contribution in [3.05, 3.63) is 23.4 Å². The van der Waals surface area contributed by atoms with Crippen LogP contribution in [0.1, 0.15) is 24.6 Å². The van der Waals surface area contributed by atoms with Crippen molar-refractivity contribution >= 4 is 17.2 Å². The zero-order chi connectivity index (χ0) is 12.5. The second-order valence-corrected chi connectivity index (χ2v) is 5.38. The van der Waals surface area contributed by atoms with Crippen molar-refractivity contribution in [1.82, 2.24) is 19.6 Å². The molecule has 2 aromatic heterocycles. The van der Waals surface area contributed by atoms with Crippen LogP contribution in [-0.4, -0.2) is 25.5 Å². The Bertz CT molecular complexity index is 627. The number of alkyl halides is 2. The van der Waals surface area contributed by atoms with E-state index >= 15 is 0 Å². The highest BCUT2D eigenvalue weighted by Crippen LogP contribution is 2.67. The van der Waals surface area contributed by atoms with Crippen LogP contribution in [0, 0.1) is 11.8 Å². The molecule has 94 valence electrons. The Morgan fingerprint density at radius 2 is 2.00 bits per heavy atom. The van der Waals surface area contributed by atoms with Crippen molar-refractivity contribution < 1.29 is 8.78 Å². The second kappa shape index (κ2) is 3.17. The molecule has 2 saturated carbocycles. The molecule has 2 fully saturated rings. The quantitative estimate of drug-likeness (QED) is 0.800. The molecule has 18 heavy (non-hydrogen) atoms. The summed E-state index contributed by atoms with van der Waals surface area (Å²) in [6.07, 6.45) is 4.25. The molecule has 2 aliphatic carbocycles. The van der Waals surface area contributed by atoms with Crippen LogP contribution in [0.3, 0.4) is 0 Å². The van der Waals surface area contributed by atoms with Crippen LogP contribution in [0.4, 0.5) is 8.78 Å². The molecule has 0 bridgehead atoms. The van der Waals surface area contributed by atoms with Gasteiger partial charge in [0, 0.05) is 30.1 Å². The van der Waals surface area contributed by atoms with Gasteiger partial charge in [0.05, 0.1) is 0 Å². The highest BCUT2D eigenvalue weighted by atomic mass is 35.5. The van der Waals surface area contributed by atoms with E-state index in [9.17, 15) is 8.78 Å². The summed E-state index contributed by atoms with van der Waals surface area (Å²) in [5.41, 5.74) is 0.488. The Labute approximate surface area is 106 Å². The highest BCUT2D eigenvalue weighted by molar-refractivity contribution is 6.32. The number of aromatic nitrogens is 4. The van der Waals surface area contributed by atoms with E-state index in [-0.39, 0.29) is 11.1 Å². The summed E-state index contributed by atoms with van der Waals surface area (Å²) >= 11 is 5.91. The van der Waals surface area contributed by atoms with E-state index in [0.717, 1.165) is 5.82 Å². The lowest BCUT2D eigenvalue weighted by molar-refractivity contribution is 0.0690. The summed E-state index contributed by atoms with van der Waals surface area (Å²) in [6, 6.07) is 0. The summed E-state index contributed by atoms with van der Waals surface area (Å²) in [7, 11) is 0. The van der Waals surface area contributed by atoms with E-state index in [1.54, 1.807) is 16.8 Å². The molecule has 0 aliphatic heterocycles. The van der Waals surface area contributed by atoms with E-state index in [4.69, 9.17) is 11.6 Å². The van der Waals surface area contributed by atoms with Crippen LogP contribution in [0.15, 0.2) is 12.4 Å². The summed E-state index contributed by atoms with van der Waals surface area (Å²) in [4.78, 5) is 3.92. The minimum atomic E-state index is -2.45. The maximum atomic E-state index is 13.2. The molecule has 2 heterocycles. The summed E-state index contributed by atoms with van der Waals surface area (Å²) in [6.45, 7) is 0. The van der Waals surface area contributed by atoms with Gasteiger partial charge in [0.1, 0.15) is 5.82 Å². The molecule has 7 heteroatoms. The van der Waals surface area contributed by atoms with Crippen molar-refractivity contribution in [2.75, 3.05) is 0 Å². The van der Waals surface area contributed by atoms with Crippen LogP contribution >= 0.6 is 11.6 Å². The van der Waals surface area contributed by atoms with Crippen LogP contribution < -0.4 is 0 Å². The number of nitrogens with zero attached hydrogens (tertiary/aromatic N) is 4. The van der Waals surface area contributed by atoms with Crippen molar-refractivity contribution in [2.45, 2.75) is 24.7 Å². The molecule has 0 saturated heterocycles. The molecule has 0 radical (unpaired) electrons. The van der Waals surface area contributed by atoms with Gasteiger partial charge in [-0.1, -0.05) is 11.6 Å². The Morgan fingerprint density at radius 1 is 1.28 bits per heavy atom. The lowest BCUT2D eigenvalue weighted by Crippen LogP contribution is -2.09. The monoisotopic (exact) mass is 270 g/mol. The van der Waals surface area contributed by atoms with E-state index in [1.165, 1.54) is 0 Å². The lowest BCUT2D eigenvalue weighted by atomic mass is 10.0. The fourth-order valence-corrected chi connectivity index (χ4v) is 3.30. The molecule has 0 spiro atoms. The average Bonchev–Trinajstić information content (AvgIpc) is 2.80. The van der Waals surface area contributed by atoms with Gasteiger partial charge in [-0.25, -0.2) is 13.8 Å². The van der Waals surface area contributed by atoms with Gasteiger partial charge >= 0.3 is 0 Å². The molecule has 4 nitrogen and oxygen atoms in total. The molecule has 2 aliphatic rings. The van der Waals surface area contributed by atoms with Crippen LogP contribution in [-0.2, 0) is 0 Å². The van der Waals surface area contributed by atoms with Crippen LogP contribution in [0.5, 0.6) is 0 Å². The highest BCUT2D eigenvalue weighted by Gasteiger charge is 2.71. The third kappa shape index (κ3) is 1.21. The molecular formula is C11H9ClF2N4. The van der Waals surface area contributed by atoms with Crippen molar-refractivity contribution in [3.63, 3.8) is 0 Å². The van der Waals surface area contributed by atoms with Crippen LogP contribution in [0.25, 0.3) is 5.65 Å². The van der Waals surface area contributed by atoms with Gasteiger partial charge in [-0.3, -0.25) is 4.40 Å². The van der Waals surface area contributed by atoms with Crippen molar-refractivity contribution in [2.24, 2.45) is 11.8 Å². The third-order valence-corrected chi connectivity index (χ3v) is 4.38. The molecule has 4 rings (SSSR count). The first-order chi connectivity index (χ1) is 8.59. The first-order valence-corrected chi connectivity index (χ1v) is 6.20. The van der Waals surface area contributed by atoms with Crippen molar-refractivity contribution in [3.8, 4) is 0 Å². The molecular weight excluding hydrogens is 262 g/mol. The van der Waals surface area contributed by atoms with Gasteiger partial charge in [0.15, 0.2) is 10.8 Å². The molecule has 0 N–H and O–H groups in total. The maximum absolute atomic E-state index is 13.2. The summed E-state index contributed by atoms with van der Waals surface area (Å²) in [5.74, 6) is -2.61. The Balaban J connectivity index is 1.71. The predicted octanol–water partition coefficient (Wildman–Crippen LogP) is 2.54. The lowest BCUT2D eigenvalue weighted by Gasteiger charge is -2.12. The average molecular weight is 271 g/mol. The molecule has 0 aromatic carbocycles. The first kappa shape index (κ1) is 10.6. The normalized spacial score (nSPS) is 32.7. The zero-order valence-electron chi connectivity index (χ0n) is 9.22. The SMILES string of the molecule is FC1(F)[C@@H]2C[C@@H](c3nnc4c(Cl)nccn34)C[C@@H]21. The Kier molecular flexibility index (Phi) is 1.87. The third-order valence-electron chi connectivity index (χ3n) is 4.12. The second-order valence-electron chi connectivity index (χ2n) is 5.03. The van der Waals surface area contributed by atoms with Gasteiger partial charge in [0.25, 0.3) is 5.92 Å². The van der Waals surface area contributed by atoms with Gasteiger partial charge in [-0.15, -0.1) is 10.2 Å². The van der Waals surface area contributed by atoms with E-state index in [2.05, 4.69) is 15.2 Å². The van der Waals surface area contributed by atoms with E-state index in [0.29, 0.717) is 18.5 Å². The number of rotatable bonds is 1. The van der Waals surface area contributed by atoms with E-state index in [1.807, 2.05) is 0 Å². The summed E-state index contributed by atoms with van der Waals surface area (Å²) < 4.78 is 28.1.